The second-order valence-electron chi connectivity index (χ2n) is 4.60. The number of aliphatic carboxylic acids is 1. The number of aryl methyl sites for hydroxylation is 2. The molecule has 0 amide bonds. The zero-order chi connectivity index (χ0) is 14.0. The van der Waals surface area contributed by atoms with Gasteiger partial charge in [0.25, 0.3) is 0 Å². The van der Waals surface area contributed by atoms with Gasteiger partial charge in [0.1, 0.15) is 0 Å². The lowest BCUT2D eigenvalue weighted by Gasteiger charge is -2.13. The van der Waals surface area contributed by atoms with Gasteiger partial charge < -0.3 is 14.4 Å². The Labute approximate surface area is 111 Å². The van der Waals surface area contributed by atoms with Crippen LogP contribution in [0.15, 0.2) is 18.5 Å². The van der Waals surface area contributed by atoms with Crippen LogP contribution in [-0.4, -0.2) is 33.3 Å². The van der Waals surface area contributed by atoms with Gasteiger partial charge in [0.2, 0.25) is 0 Å². The van der Waals surface area contributed by atoms with Crippen LogP contribution in [0.5, 0.6) is 0 Å². The van der Waals surface area contributed by atoms with Crippen molar-refractivity contribution in [2.75, 3.05) is 6.61 Å². The van der Waals surface area contributed by atoms with E-state index < -0.39 is 12.1 Å². The molecular formula is C14H18N2O3. The van der Waals surface area contributed by atoms with Crippen molar-refractivity contribution >= 4 is 17.0 Å². The van der Waals surface area contributed by atoms with Crippen LogP contribution in [0.4, 0.5) is 0 Å². The Morgan fingerprint density at radius 1 is 1.42 bits per heavy atom. The van der Waals surface area contributed by atoms with Crippen LogP contribution in [-0.2, 0) is 16.1 Å². The molecule has 1 heterocycles. The molecule has 0 radical (unpaired) electrons. The maximum Gasteiger partial charge on any atom is 0.334 e. The van der Waals surface area contributed by atoms with Crippen LogP contribution in [0.25, 0.3) is 11.0 Å². The summed E-state index contributed by atoms with van der Waals surface area (Å²) in [4.78, 5) is 15.4. The number of nitrogens with zero attached hydrogens (tertiary/aromatic N) is 2. The van der Waals surface area contributed by atoms with Gasteiger partial charge in [-0.3, -0.25) is 0 Å². The quantitative estimate of drug-likeness (QED) is 0.896. The van der Waals surface area contributed by atoms with Crippen LogP contribution in [0.2, 0.25) is 0 Å². The third-order valence-corrected chi connectivity index (χ3v) is 3.24. The van der Waals surface area contributed by atoms with Crippen molar-refractivity contribution in [1.29, 1.82) is 0 Å². The Morgan fingerprint density at radius 3 is 2.74 bits per heavy atom. The third kappa shape index (κ3) is 2.76. The third-order valence-electron chi connectivity index (χ3n) is 3.24. The van der Waals surface area contributed by atoms with Gasteiger partial charge in [-0.05, 0) is 44.0 Å². The highest BCUT2D eigenvalue weighted by atomic mass is 16.5. The summed E-state index contributed by atoms with van der Waals surface area (Å²) in [6.45, 7) is 6.50. The fourth-order valence-electron chi connectivity index (χ4n) is 2.04. The van der Waals surface area contributed by atoms with Crippen molar-refractivity contribution in [3.05, 3.63) is 29.6 Å². The molecule has 1 unspecified atom stereocenters. The Bertz CT molecular complexity index is 604. The number of imidazole rings is 1. The van der Waals surface area contributed by atoms with Crippen molar-refractivity contribution in [3.63, 3.8) is 0 Å². The minimum atomic E-state index is -0.951. The molecule has 102 valence electrons. The van der Waals surface area contributed by atoms with E-state index in [0.717, 1.165) is 16.6 Å². The molecule has 0 aliphatic heterocycles. The van der Waals surface area contributed by atoms with Gasteiger partial charge in [-0.2, -0.15) is 0 Å². The number of ether oxygens (including phenoxy) is 1. The van der Waals surface area contributed by atoms with Crippen molar-refractivity contribution in [3.8, 4) is 0 Å². The Kier molecular flexibility index (Phi) is 3.85. The summed E-state index contributed by atoms with van der Waals surface area (Å²) in [5.74, 6) is -0.951. The van der Waals surface area contributed by atoms with E-state index in [0.29, 0.717) is 6.61 Å². The summed E-state index contributed by atoms with van der Waals surface area (Å²) in [7, 11) is 0. The molecule has 0 spiro atoms. The molecule has 1 aromatic heterocycles. The summed E-state index contributed by atoms with van der Waals surface area (Å²) in [5.41, 5.74) is 4.16. The lowest BCUT2D eigenvalue weighted by atomic mass is 10.1. The predicted molar refractivity (Wildman–Crippen MR) is 72.3 cm³/mol. The average molecular weight is 262 g/mol. The molecule has 5 heteroatoms. The van der Waals surface area contributed by atoms with Crippen LogP contribution < -0.4 is 0 Å². The number of carboxylic acid groups (broad SMARTS) is 1. The summed E-state index contributed by atoms with van der Waals surface area (Å²) < 4.78 is 7.06. The zero-order valence-electron chi connectivity index (χ0n) is 11.4. The molecule has 5 nitrogen and oxygen atoms in total. The van der Waals surface area contributed by atoms with Crippen LogP contribution in [0.3, 0.4) is 0 Å². The van der Waals surface area contributed by atoms with Gasteiger partial charge in [0, 0.05) is 6.61 Å². The summed E-state index contributed by atoms with van der Waals surface area (Å²) >= 11 is 0. The van der Waals surface area contributed by atoms with Gasteiger partial charge in [0.15, 0.2) is 6.10 Å². The van der Waals surface area contributed by atoms with Gasteiger partial charge in [0.05, 0.1) is 23.9 Å². The molecule has 0 aliphatic rings. The van der Waals surface area contributed by atoms with Gasteiger partial charge in [-0.1, -0.05) is 0 Å². The monoisotopic (exact) mass is 262 g/mol. The molecule has 0 aliphatic carbocycles. The van der Waals surface area contributed by atoms with E-state index in [2.05, 4.69) is 4.98 Å². The standard InChI is InChI=1S/C14H18N2O3/c1-4-19-13(14(17)18)7-16-8-15-11-5-9(2)10(3)6-12(11)16/h5-6,8,13H,4,7H2,1-3H3,(H,17,18). The van der Waals surface area contributed by atoms with E-state index in [9.17, 15) is 4.79 Å². The molecule has 1 atom stereocenters. The van der Waals surface area contributed by atoms with E-state index in [-0.39, 0.29) is 6.54 Å². The Hall–Kier alpha value is -1.88. The number of carbonyl (C=O) groups is 1. The Morgan fingerprint density at radius 2 is 2.11 bits per heavy atom. The van der Waals surface area contributed by atoms with Crippen molar-refractivity contribution in [2.45, 2.75) is 33.4 Å². The highest BCUT2D eigenvalue weighted by Gasteiger charge is 2.19. The number of aromatic nitrogens is 2. The average Bonchev–Trinajstić information content (AvgIpc) is 2.72. The van der Waals surface area contributed by atoms with E-state index in [4.69, 9.17) is 9.84 Å². The smallest absolute Gasteiger partial charge is 0.334 e. The second kappa shape index (κ2) is 5.40. The molecule has 2 rings (SSSR count). The lowest BCUT2D eigenvalue weighted by Crippen LogP contribution is -2.28. The van der Waals surface area contributed by atoms with E-state index in [1.807, 2.05) is 30.5 Å². The fraction of sp³-hybridized carbons (Fsp3) is 0.429. The summed E-state index contributed by atoms with van der Waals surface area (Å²) in [6.07, 6.45) is 0.822. The minimum Gasteiger partial charge on any atom is -0.479 e. The maximum atomic E-state index is 11.1. The molecule has 0 saturated carbocycles. The molecule has 2 aromatic rings. The first-order valence-corrected chi connectivity index (χ1v) is 6.29. The van der Waals surface area contributed by atoms with Crippen molar-refractivity contribution < 1.29 is 14.6 Å². The molecule has 0 bridgehead atoms. The predicted octanol–water partition coefficient (Wildman–Crippen LogP) is 2.14. The minimum absolute atomic E-state index is 0.266. The molecule has 19 heavy (non-hydrogen) atoms. The number of carboxylic acids is 1. The van der Waals surface area contributed by atoms with Crippen molar-refractivity contribution in [2.24, 2.45) is 0 Å². The molecule has 1 N–H and O–H groups in total. The normalized spacial score (nSPS) is 12.8. The molecule has 1 aromatic carbocycles. The zero-order valence-corrected chi connectivity index (χ0v) is 11.4. The number of hydrogen-bond acceptors (Lipinski definition) is 3. The van der Waals surface area contributed by atoms with E-state index in [1.54, 1.807) is 13.3 Å². The topological polar surface area (TPSA) is 64.4 Å². The number of fused-ring (bicyclic) bond motifs is 1. The SMILES string of the molecule is CCOC(Cn1cnc2cc(C)c(C)cc21)C(=O)O. The van der Waals surface area contributed by atoms with Crippen molar-refractivity contribution in [1.82, 2.24) is 9.55 Å². The van der Waals surface area contributed by atoms with Gasteiger partial charge in [-0.25, -0.2) is 9.78 Å². The van der Waals surface area contributed by atoms with Gasteiger partial charge >= 0.3 is 5.97 Å². The first-order valence-electron chi connectivity index (χ1n) is 6.29. The molecule has 0 fully saturated rings. The largest absolute Gasteiger partial charge is 0.479 e. The first kappa shape index (κ1) is 13.5. The summed E-state index contributed by atoms with van der Waals surface area (Å²) in [5, 5.41) is 9.12. The fourth-order valence-corrected chi connectivity index (χ4v) is 2.04. The highest BCUT2D eigenvalue weighted by Crippen LogP contribution is 2.19. The van der Waals surface area contributed by atoms with E-state index >= 15 is 0 Å². The number of rotatable bonds is 5. The van der Waals surface area contributed by atoms with Crippen LogP contribution in [0, 0.1) is 13.8 Å². The van der Waals surface area contributed by atoms with E-state index in [1.165, 1.54) is 5.56 Å². The molecular weight excluding hydrogens is 244 g/mol. The van der Waals surface area contributed by atoms with Crippen LogP contribution in [0.1, 0.15) is 18.1 Å². The number of hydrogen-bond donors (Lipinski definition) is 1. The molecule has 0 saturated heterocycles. The van der Waals surface area contributed by atoms with Gasteiger partial charge in [-0.15, -0.1) is 0 Å². The lowest BCUT2D eigenvalue weighted by molar-refractivity contribution is -0.150. The summed E-state index contributed by atoms with van der Waals surface area (Å²) in [6, 6.07) is 4.04. The number of benzene rings is 1. The Balaban J connectivity index is 2.35. The maximum absolute atomic E-state index is 11.1. The van der Waals surface area contributed by atoms with Crippen LogP contribution >= 0.6 is 0 Å². The highest BCUT2D eigenvalue weighted by molar-refractivity contribution is 5.78. The second-order valence-corrected chi connectivity index (χ2v) is 4.60. The first-order chi connectivity index (χ1) is 9.02.